The van der Waals surface area contributed by atoms with Gasteiger partial charge in [-0.25, -0.2) is 0 Å². The van der Waals surface area contributed by atoms with Crippen molar-refractivity contribution >= 4 is 23.2 Å². The van der Waals surface area contributed by atoms with Gasteiger partial charge in [-0.3, -0.25) is 19.6 Å². The van der Waals surface area contributed by atoms with Crippen LogP contribution in [0.3, 0.4) is 0 Å². The maximum Gasteiger partial charge on any atom is 0.234 e. The Balaban J connectivity index is 1.28. The number of aromatic amines is 1. The number of carbonyl (C=O) groups excluding carboxylic acids is 2. The highest BCUT2D eigenvalue weighted by atomic mass is 32.1. The minimum absolute atomic E-state index is 0.0101. The van der Waals surface area contributed by atoms with E-state index in [1.807, 2.05) is 23.6 Å². The Kier molecular flexibility index (Phi) is 5.74. The minimum atomic E-state index is -0.554. The van der Waals surface area contributed by atoms with Crippen molar-refractivity contribution < 1.29 is 14.3 Å². The number of hydrogen-bond acceptors (Lipinski definition) is 6. The molecule has 2 aromatic rings. The Morgan fingerprint density at radius 2 is 2.32 bits per heavy atom. The molecule has 2 aromatic heterocycles. The molecule has 8 nitrogen and oxygen atoms in total. The van der Waals surface area contributed by atoms with Crippen LogP contribution in [0, 0.1) is 11.3 Å². The van der Waals surface area contributed by atoms with Crippen molar-refractivity contribution in [1.29, 1.82) is 0 Å². The lowest BCUT2D eigenvalue weighted by Crippen LogP contribution is -2.47. The van der Waals surface area contributed by atoms with E-state index in [1.54, 1.807) is 17.5 Å². The molecule has 0 spiro atoms. The first-order valence-corrected chi connectivity index (χ1v) is 10.4. The molecule has 3 N–H and O–H groups in total. The molecule has 4 rings (SSSR count). The molecular weight excluding hydrogens is 378 g/mol. The Hall–Kier alpha value is -2.23. The van der Waals surface area contributed by atoms with E-state index in [0.717, 1.165) is 10.6 Å². The summed E-state index contributed by atoms with van der Waals surface area (Å²) < 4.78 is 5.64. The van der Waals surface area contributed by atoms with Crippen molar-refractivity contribution in [2.75, 3.05) is 39.4 Å². The Labute approximate surface area is 167 Å². The second-order valence-corrected chi connectivity index (χ2v) is 8.51. The number of thiophene rings is 1. The van der Waals surface area contributed by atoms with E-state index in [1.165, 1.54) is 0 Å². The number of aromatic nitrogens is 2. The van der Waals surface area contributed by atoms with Crippen molar-refractivity contribution in [3.05, 3.63) is 40.3 Å². The highest BCUT2D eigenvalue weighted by Gasteiger charge is 2.55. The van der Waals surface area contributed by atoms with Crippen molar-refractivity contribution in [3.63, 3.8) is 0 Å². The van der Waals surface area contributed by atoms with Crippen molar-refractivity contribution in [2.45, 2.75) is 13.0 Å². The van der Waals surface area contributed by atoms with Crippen LogP contribution in [0.25, 0.3) is 0 Å². The van der Waals surface area contributed by atoms with Crippen LogP contribution in [0.5, 0.6) is 0 Å². The van der Waals surface area contributed by atoms with Crippen LogP contribution in [0.1, 0.15) is 10.6 Å². The molecule has 4 heterocycles. The molecule has 2 aliphatic rings. The van der Waals surface area contributed by atoms with Crippen molar-refractivity contribution in [2.24, 2.45) is 11.3 Å². The smallest absolute Gasteiger partial charge is 0.234 e. The van der Waals surface area contributed by atoms with Crippen LogP contribution < -0.4 is 10.6 Å². The van der Waals surface area contributed by atoms with Gasteiger partial charge in [-0.1, -0.05) is 6.07 Å². The number of likely N-dealkylation sites (tertiary alicyclic amines) is 1. The van der Waals surface area contributed by atoms with Gasteiger partial charge in [-0.15, -0.1) is 11.3 Å². The minimum Gasteiger partial charge on any atom is -0.380 e. The van der Waals surface area contributed by atoms with Crippen molar-refractivity contribution in [1.82, 2.24) is 25.7 Å². The van der Waals surface area contributed by atoms with Gasteiger partial charge >= 0.3 is 0 Å². The van der Waals surface area contributed by atoms with Crippen LogP contribution in [-0.2, 0) is 27.3 Å². The molecule has 0 aromatic carbocycles. The quantitative estimate of drug-likeness (QED) is 0.592. The molecule has 150 valence electrons. The third kappa shape index (κ3) is 4.11. The predicted molar refractivity (Wildman–Crippen MR) is 105 cm³/mol. The van der Waals surface area contributed by atoms with Crippen LogP contribution in [0.15, 0.2) is 29.8 Å². The summed E-state index contributed by atoms with van der Waals surface area (Å²) in [6.07, 6.45) is 2.41. The summed E-state index contributed by atoms with van der Waals surface area (Å²) >= 11 is 1.63. The molecule has 2 saturated heterocycles. The average Bonchev–Trinajstić information content (AvgIpc) is 3.44. The summed E-state index contributed by atoms with van der Waals surface area (Å²) in [5, 5.41) is 14.8. The van der Waals surface area contributed by atoms with Gasteiger partial charge in [0.1, 0.15) is 0 Å². The van der Waals surface area contributed by atoms with E-state index in [-0.39, 0.29) is 17.7 Å². The molecule has 28 heavy (non-hydrogen) atoms. The number of nitrogens with one attached hydrogen (secondary N) is 3. The van der Waals surface area contributed by atoms with Gasteiger partial charge in [-0.05, 0) is 17.5 Å². The fraction of sp³-hybridized carbons (Fsp3) is 0.526. The lowest BCUT2D eigenvalue weighted by atomic mass is 9.80. The summed E-state index contributed by atoms with van der Waals surface area (Å²) in [6.45, 7) is 3.67. The lowest BCUT2D eigenvalue weighted by molar-refractivity contribution is -0.132. The van der Waals surface area contributed by atoms with Gasteiger partial charge in [0, 0.05) is 48.7 Å². The predicted octanol–water partition coefficient (Wildman–Crippen LogP) is 0.395. The second kappa shape index (κ2) is 8.42. The monoisotopic (exact) mass is 403 g/mol. The molecule has 2 aliphatic heterocycles. The normalized spacial score (nSPS) is 24.2. The third-order valence-electron chi connectivity index (χ3n) is 5.54. The Bertz CT molecular complexity index is 795. The fourth-order valence-corrected chi connectivity index (χ4v) is 4.69. The molecule has 2 atom stereocenters. The number of amides is 2. The molecule has 0 aliphatic carbocycles. The molecule has 2 fully saturated rings. The largest absolute Gasteiger partial charge is 0.380 e. The maximum atomic E-state index is 12.9. The number of nitrogens with zero attached hydrogens (tertiary/aromatic N) is 2. The topological polar surface area (TPSA) is 99.3 Å². The first-order valence-electron chi connectivity index (χ1n) is 9.51. The van der Waals surface area contributed by atoms with Crippen LogP contribution >= 0.6 is 11.3 Å². The number of fused-ring (bicyclic) bond motifs is 1. The van der Waals surface area contributed by atoms with E-state index in [0.29, 0.717) is 52.4 Å². The second-order valence-electron chi connectivity index (χ2n) is 7.48. The zero-order chi connectivity index (χ0) is 19.4. The molecule has 0 radical (unpaired) electrons. The van der Waals surface area contributed by atoms with Crippen molar-refractivity contribution in [3.8, 4) is 0 Å². The number of carbonyl (C=O) groups is 2. The zero-order valence-electron chi connectivity index (χ0n) is 15.6. The lowest BCUT2D eigenvalue weighted by Gasteiger charge is -2.26. The highest BCUT2D eigenvalue weighted by molar-refractivity contribution is 7.09. The van der Waals surface area contributed by atoms with Gasteiger partial charge in [-0.2, -0.15) is 5.10 Å². The van der Waals surface area contributed by atoms with Crippen LogP contribution in [0.2, 0.25) is 0 Å². The standard InChI is InChI=1S/C19H25N5O3S/c25-17(21-8-16-2-1-7-28-16)10-24-9-14-11-27-13-19(14,12-24)18(26)20-5-3-15-4-6-22-23-15/h1-2,4,6-7,14H,3,5,8-13H2,(H,20,26)(H,21,25)(H,22,23)/t14-,19-/m0/s1. The van der Waals surface area contributed by atoms with Crippen LogP contribution in [-0.4, -0.2) is 66.3 Å². The van der Waals surface area contributed by atoms with E-state index < -0.39 is 5.41 Å². The van der Waals surface area contributed by atoms with E-state index >= 15 is 0 Å². The number of H-pyrrole nitrogens is 1. The first-order chi connectivity index (χ1) is 13.7. The molecule has 0 unspecified atom stereocenters. The summed E-state index contributed by atoms with van der Waals surface area (Å²) in [5.74, 6) is 0.143. The Morgan fingerprint density at radius 3 is 3.11 bits per heavy atom. The third-order valence-corrected chi connectivity index (χ3v) is 6.42. The first kappa shape index (κ1) is 19.1. The summed E-state index contributed by atoms with van der Waals surface area (Å²) in [4.78, 5) is 28.5. The van der Waals surface area contributed by atoms with Gasteiger partial charge in [0.05, 0.1) is 31.7 Å². The fourth-order valence-electron chi connectivity index (χ4n) is 4.05. The van der Waals surface area contributed by atoms with E-state index in [4.69, 9.17) is 4.74 Å². The van der Waals surface area contributed by atoms with Gasteiger partial charge in [0.15, 0.2) is 0 Å². The zero-order valence-corrected chi connectivity index (χ0v) is 16.5. The summed E-state index contributed by atoms with van der Waals surface area (Å²) in [5.41, 5.74) is 0.439. The molecule has 0 saturated carbocycles. The number of hydrogen-bond donors (Lipinski definition) is 3. The summed E-state index contributed by atoms with van der Waals surface area (Å²) in [7, 11) is 0. The molecule has 2 amide bonds. The average molecular weight is 404 g/mol. The van der Waals surface area contributed by atoms with Gasteiger partial charge < -0.3 is 15.4 Å². The SMILES string of the molecule is O=C(CN1C[C@H]2COC[C@@]2(C(=O)NCCc2ccn[nH]2)C1)NCc1cccs1. The molecule has 0 bridgehead atoms. The van der Waals surface area contributed by atoms with Crippen LogP contribution in [0.4, 0.5) is 0 Å². The van der Waals surface area contributed by atoms with Gasteiger partial charge in [0.25, 0.3) is 0 Å². The molecule has 9 heteroatoms. The molecular formula is C19H25N5O3S. The number of ether oxygens (including phenoxy) is 1. The summed E-state index contributed by atoms with van der Waals surface area (Å²) in [6, 6.07) is 5.88. The van der Waals surface area contributed by atoms with E-state index in [2.05, 4.69) is 25.7 Å². The Morgan fingerprint density at radius 1 is 1.39 bits per heavy atom. The van der Waals surface area contributed by atoms with Gasteiger partial charge in [0.2, 0.25) is 11.8 Å². The highest BCUT2D eigenvalue weighted by Crippen LogP contribution is 2.41. The number of rotatable bonds is 8. The maximum absolute atomic E-state index is 12.9. The van der Waals surface area contributed by atoms with E-state index in [9.17, 15) is 9.59 Å².